The number of nitrogens with zero attached hydrogens (tertiary/aromatic N) is 2. The Bertz CT molecular complexity index is 909. The SMILES string of the molecule is Cn1nc(C(C)(C)C)cc1NC(=O)c1cccc(Oc2ccccc2)c1. The Morgan fingerprint density at radius 3 is 2.35 bits per heavy atom. The van der Waals surface area contributed by atoms with Gasteiger partial charge in [-0.3, -0.25) is 9.48 Å². The highest BCUT2D eigenvalue weighted by atomic mass is 16.5. The Hall–Kier alpha value is -3.08. The van der Waals surface area contributed by atoms with Gasteiger partial charge in [-0.15, -0.1) is 0 Å². The predicted octanol–water partition coefficient (Wildman–Crippen LogP) is 4.76. The standard InChI is InChI=1S/C21H23N3O2/c1-21(2,3)18-14-19(24(4)23-18)22-20(25)15-9-8-12-17(13-15)26-16-10-6-5-7-11-16/h5-14H,1-4H3,(H,22,25). The van der Waals surface area contributed by atoms with Gasteiger partial charge in [-0.05, 0) is 30.3 Å². The van der Waals surface area contributed by atoms with E-state index in [1.807, 2.05) is 49.5 Å². The third kappa shape index (κ3) is 4.11. The maximum Gasteiger partial charge on any atom is 0.256 e. The smallest absolute Gasteiger partial charge is 0.256 e. The molecule has 5 nitrogen and oxygen atoms in total. The van der Waals surface area contributed by atoms with Crippen molar-refractivity contribution in [3.8, 4) is 11.5 Å². The largest absolute Gasteiger partial charge is 0.457 e. The molecule has 0 bridgehead atoms. The second kappa shape index (κ2) is 7.04. The first-order valence-electron chi connectivity index (χ1n) is 8.52. The van der Waals surface area contributed by atoms with Crippen LogP contribution in [0.3, 0.4) is 0 Å². The van der Waals surface area contributed by atoms with Gasteiger partial charge in [0.05, 0.1) is 5.69 Å². The molecule has 2 aromatic carbocycles. The summed E-state index contributed by atoms with van der Waals surface area (Å²) >= 11 is 0. The lowest BCUT2D eigenvalue weighted by atomic mass is 9.92. The zero-order valence-electron chi connectivity index (χ0n) is 15.5. The van der Waals surface area contributed by atoms with E-state index < -0.39 is 0 Å². The number of aromatic nitrogens is 2. The summed E-state index contributed by atoms with van der Waals surface area (Å²) in [7, 11) is 1.82. The van der Waals surface area contributed by atoms with Crippen molar-refractivity contribution in [1.29, 1.82) is 0 Å². The molecule has 5 heteroatoms. The zero-order chi connectivity index (χ0) is 18.7. The van der Waals surface area contributed by atoms with Crippen molar-refractivity contribution in [1.82, 2.24) is 9.78 Å². The lowest BCUT2D eigenvalue weighted by Gasteiger charge is -2.13. The van der Waals surface area contributed by atoms with Crippen molar-refractivity contribution in [3.05, 3.63) is 71.9 Å². The Balaban J connectivity index is 1.76. The molecule has 0 aliphatic heterocycles. The molecule has 0 saturated carbocycles. The lowest BCUT2D eigenvalue weighted by Crippen LogP contribution is -2.14. The molecule has 134 valence electrons. The molecule has 1 aromatic heterocycles. The summed E-state index contributed by atoms with van der Waals surface area (Å²) in [5.74, 6) is 1.80. The fraction of sp³-hybridized carbons (Fsp3) is 0.238. The topological polar surface area (TPSA) is 56.2 Å². The van der Waals surface area contributed by atoms with Crippen LogP contribution in [-0.4, -0.2) is 15.7 Å². The molecule has 1 N–H and O–H groups in total. The number of nitrogens with one attached hydrogen (secondary N) is 1. The summed E-state index contributed by atoms with van der Waals surface area (Å²) < 4.78 is 7.48. The summed E-state index contributed by atoms with van der Waals surface area (Å²) in [6.07, 6.45) is 0. The van der Waals surface area contributed by atoms with Gasteiger partial charge in [0.15, 0.2) is 0 Å². The highest BCUT2D eigenvalue weighted by Gasteiger charge is 2.20. The van der Waals surface area contributed by atoms with Gasteiger partial charge < -0.3 is 10.1 Å². The third-order valence-corrected chi connectivity index (χ3v) is 3.96. The first kappa shape index (κ1) is 17.7. The summed E-state index contributed by atoms with van der Waals surface area (Å²) in [6.45, 7) is 6.27. The van der Waals surface area contributed by atoms with Crippen molar-refractivity contribution in [2.45, 2.75) is 26.2 Å². The van der Waals surface area contributed by atoms with E-state index in [0.717, 1.165) is 11.4 Å². The zero-order valence-corrected chi connectivity index (χ0v) is 15.5. The molecule has 0 aliphatic carbocycles. The van der Waals surface area contributed by atoms with Gasteiger partial charge in [0.1, 0.15) is 17.3 Å². The van der Waals surface area contributed by atoms with Gasteiger partial charge in [0.2, 0.25) is 0 Å². The molecule has 0 atom stereocenters. The lowest BCUT2D eigenvalue weighted by molar-refractivity contribution is 0.102. The molecule has 3 rings (SSSR count). The number of hydrogen-bond acceptors (Lipinski definition) is 3. The van der Waals surface area contributed by atoms with Crippen molar-refractivity contribution in [2.24, 2.45) is 7.05 Å². The maximum atomic E-state index is 12.6. The van der Waals surface area contributed by atoms with Crippen LogP contribution in [0, 0.1) is 0 Å². The van der Waals surface area contributed by atoms with E-state index >= 15 is 0 Å². The number of benzene rings is 2. The minimum Gasteiger partial charge on any atom is -0.457 e. The molecule has 0 radical (unpaired) electrons. The predicted molar refractivity (Wildman–Crippen MR) is 103 cm³/mol. The van der Waals surface area contributed by atoms with E-state index in [-0.39, 0.29) is 11.3 Å². The summed E-state index contributed by atoms with van der Waals surface area (Å²) in [6, 6.07) is 18.5. The molecule has 0 fully saturated rings. The molecule has 0 saturated heterocycles. The third-order valence-electron chi connectivity index (χ3n) is 3.96. The quantitative estimate of drug-likeness (QED) is 0.739. The van der Waals surface area contributed by atoms with E-state index in [1.165, 1.54) is 0 Å². The number of anilines is 1. The Kier molecular flexibility index (Phi) is 4.80. The Labute approximate surface area is 153 Å². The van der Waals surface area contributed by atoms with Crippen LogP contribution in [-0.2, 0) is 12.5 Å². The number of carbonyl (C=O) groups is 1. The molecule has 0 unspecified atom stereocenters. The Morgan fingerprint density at radius 1 is 1.00 bits per heavy atom. The molecule has 0 spiro atoms. The summed E-state index contributed by atoms with van der Waals surface area (Å²) in [5, 5.41) is 7.40. The fourth-order valence-corrected chi connectivity index (χ4v) is 2.46. The number of aryl methyl sites for hydroxylation is 1. The van der Waals surface area contributed by atoms with Gasteiger partial charge in [0.25, 0.3) is 5.91 Å². The molecule has 0 aliphatic rings. The second-order valence-electron chi connectivity index (χ2n) is 7.19. The number of para-hydroxylation sites is 1. The highest BCUT2D eigenvalue weighted by Crippen LogP contribution is 2.25. The van der Waals surface area contributed by atoms with Gasteiger partial charge >= 0.3 is 0 Å². The van der Waals surface area contributed by atoms with E-state index in [0.29, 0.717) is 17.1 Å². The number of hydrogen-bond donors (Lipinski definition) is 1. The van der Waals surface area contributed by atoms with E-state index in [9.17, 15) is 4.79 Å². The number of ether oxygens (including phenoxy) is 1. The van der Waals surface area contributed by atoms with Crippen LogP contribution in [0.4, 0.5) is 5.82 Å². The number of carbonyl (C=O) groups excluding carboxylic acids is 1. The average Bonchev–Trinajstić information content (AvgIpc) is 2.97. The van der Waals surface area contributed by atoms with Crippen LogP contribution in [0.2, 0.25) is 0 Å². The minimum atomic E-state index is -0.202. The monoisotopic (exact) mass is 349 g/mol. The molecular weight excluding hydrogens is 326 g/mol. The summed E-state index contributed by atoms with van der Waals surface area (Å²) in [5.41, 5.74) is 1.37. The van der Waals surface area contributed by atoms with Crippen molar-refractivity contribution >= 4 is 11.7 Å². The minimum absolute atomic E-state index is 0.0792. The average molecular weight is 349 g/mol. The van der Waals surface area contributed by atoms with Gasteiger partial charge in [-0.25, -0.2) is 0 Å². The summed E-state index contributed by atoms with van der Waals surface area (Å²) in [4.78, 5) is 12.6. The van der Waals surface area contributed by atoms with Crippen LogP contribution in [0.25, 0.3) is 0 Å². The first-order chi connectivity index (χ1) is 12.3. The van der Waals surface area contributed by atoms with Crippen LogP contribution in [0.5, 0.6) is 11.5 Å². The van der Waals surface area contributed by atoms with Crippen LogP contribution in [0.1, 0.15) is 36.8 Å². The second-order valence-corrected chi connectivity index (χ2v) is 7.19. The van der Waals surface area contributed by atoms with Crippen LogP contribution in [0.15, 0.2) is 60.7 Å². The molecule has 3 aromatic rings. The van der Waals surface area contributed by atoms with Crippen molar-refractivity contribution < 1.29 is 9.53 Å². The van der Waals surface area contributed by atoms with Crippen LogP contribution >= 0.6 is 0 Å². The van der Waals surface area contributed by atoms with Gasteiger partial charge in [-0.2, -0.15) is 5.10 Å². The first-order valence-corrected chi connectivity index (χ1v) is 8.52. The molecule has 1 heterocycles. The van der Waals surface area contributed by atoms with E-state index in [1.54, 1.807) is 22.9 Å². The van der Waals surface area contributed by atoms with E-state index in [2.05, 4.69) is 31.2 Å². The number of rotatable bonds is 4. The van der Waals surface area contributed by atoms with E-state index in [4.69, 9.17) is 4.74 Å². The number of amides is 1. The maximum absolute atomic E-state index is 12.6. The normalized spacial score (nSPS) is 11.2. The fourth-order valence-electron chi connectivity index (χ4n) is 2.46. The molecule has 26 heavy (non-hydrogen) atoms. The van der Waals surface area contributed by atoms with Gasteiger partial charge in [0, 0.05) is 24.1 Å². The van der Waals surface area contributed by atoms with Gasteiger partial charge in [-0.1, -0.05) is 45.0 Å². The Morgan fingerprint density at radius 2 is 1.69 bits per heavy atom. The van der Waals surface area contributed by atoms with Crippen molar-refractivity contribution in [3.63, 3.8) is 0 Å². The van der Waals surface area contributed by atoms with Crippen molar-refractivity contribution in [2.75, 3.05) is 5.32 Å². The molecule has 1 amide bonds. The highest BCUT2D eigenvalue weighted by molar-refractivity contribution is 6.04. The molecular formula is C21H23N3O2. The van der Waals surface area contributed by atoms with Crippen LogP contribution < -0.4 is 10.1 Å².